The summed E-state index contributed by atoms with van der Waals surface area (Å²) in [6.45, 7) is 9.45. The first-order valence-corrected chi connectivity index (χ1v) is 7.11. The smallest absolute Gasteiger partial charge is 0.135 e. The van der Waals surface area contributed by atoms with E-state index < -0.39 is 0 Å². The van der Waals surface area contributed by atoms with Crippen LogP contribution in [0.25, 0.3) is 0 Å². The lowest BCUT2D eigenvalue weighted by Crippen LogP contribution is -2.24. The Morgan fingerprint density at radius 2 is 2.05 bits per heavy atom. The molecule has 0 aliphatic heterocycles. The molecule has 1 heterocycles. The van der Waals surface area contributed by atoms with Gasteiger partial charge >= 0.3 is 0 Å². The molecule has 5 heteroatoms. The zero-order valence-electron chi connectivity index (χ0n) is 12.2. The van der Waals surface area contributed by atoms with Gasteiger partial charge in [-0.2, -0.15) is 0 Å². The lowest BCUT2D eigenvalue weighted by Gasteiger charge is -2.25. The summed E-state index contributed by atoms with van der Waals surface area (Å²) < 4.78 is 0. The summed E-state index contributed by atoms with van der Waals surface area (Å²) >= 11 is 6.00. The Morgan fingerprint density at radius 3 is 2.63 bits per heavy atom. The maximum atomic E-state index is 8.89. The molecule has 0 amide bonds. The van der Waals surface area contributed by atoms with Crippen LogP contribution in [0.4, 0.5) is 5.82 Å². The molecule has 0 spiro atoms. The van der Waals surface area contributed by atoms with Crippen LogP contribution in [-0.2, 0) is 0 Å². The van der Waals surface area contributed by atoms with E-state index in [9.17, 15) is 0 Å². The minimum Gasteiger partial charge on any atom is -0.396 e. The van der Waals surface area contributed by atoms with Crippen molar-refractivity contribution in [3.05, 3.63) is 17.0 Å². The Hall–Kier alpha value is -0.870. The molecule has 1 aromatic rings. The number of halogens is 1. The van der Waals surface area contributed by atoms with Crippen LogP contribution >= 0.6 is 11.6 Å². The van der Waals surface area contributed by atoms with Crippen molar-refractivity contribution in [2.75, 3.05) is 18.5 Å². The lowest BCUT2D eigenvalue weighted by atomic mass is 9.88. The maximum Gasteiger partial charge on any atom is 0.135 e. The number of nitrogens with zero attached hydrogens (tertiary/aromatic N) is 2. The number of anilines is 1. The number of nitrogens with one attached hydrogen (secondary N) is 1. The standard InChI is InChI=1S/C14H24ClN3O/c1-10(2)13-17-11(15)8-12(18-13)16-9-14(3,4)6-5-7-19/h8,10,19H,5-7,9H2,1-4H3,(H,16,17,18). The van der Waals surface area contributed by atoms with Crippen LogP contribution in [-0.4, -0.2) is 28.2 Å². The fraction of sp³-hybridized carbons (Fsp3) is 0.714. The average molecular weight is 286 g/mol. The van der Waals surface area contributed by atoms with Crippen LogP contribution in [0.2, 0.25) is 5.15 Å². The largest absolute Gasteiger partial charge is 0.396 e. The molecule has 0 aliphatic carbocycles. The number of aromatic nitrogens is 2. The number of hydrogen-bond donors (Lipinski definition) is 2. The summed E-state index contributed by atoms with van der Waals surface area (Å²) in [5.74, 6) is 1.77. The van der Waals surface area contributed by atoms with Crippen LogP contribution in [0.1, 0.15) is 52.3 Å². The third kappa shape index (κ3) is 5.74. The van der Waals surface area contributed by atoms with E-state index in [2.05, 4.69) is 29.1 Å². The molecule has 0 aromatic carbocycles. The van der Waals surface area contributed by atoms with Gasteiger partial charge in [-0.25, -0.2) is 9.97 Å². The Kier molecular flexibility index (Phi) is 6.01. The molecular weight excluding hydrogens is 262 g/mol. The van der Waals surface area contributed by atoms with Crippen LogP contribution in [0.3, 0.4) is 0 Å². The molecule has 0 fully saturated rings. The highest BCUT2D eigenvalue weighted by molar-refractivity contribution is 6.29. The molecule has 4 nitrogen and oxygen atoms in total. The van der Waals surface area contributed by atoms with Crippen molar-refractivity contribution in [1.29, 1.82) is 0 Å². The normalized spacial score (nSPS) is 11.9. The van der Waals surface area contributed by atoms with E-state index in [1.807, 2.05) is 13.8 Å². The van der Waals surface area contributed by atoms with Gasteiger partial charge in [-0.1, -0.05) is 39.3 Å². The fourth-order valence-electron chi connectivity index (χ4n) is 1.76. The third-order valence-corrected chi connectivity index (χ3v) is 3.18. The predicted octanol–water partition coefficient (Wildman–Crippen LogP) is 3.46. The van der Waals surface area contributed by atoms with Gasteiger partial charge in [0, 0.05) is 25.1 Å². The molecule has 108 valence electrons. The molecule has 0 unspecified atom stereocenters. The van der Waals surface area contributed by atoms with Crippen molar-refractivity contribution in [2.45, 2.75) is 46.5 Å². The number of rotatable bonds is 7. The van der Waals surface area contributed by atoms with E-state index in [0.29, 0.717) is 5.15 Å². The average Bonchev–Trinajstić information content (AvgIpc) is 2.33. The summed E-state index contributed by atoms with van der Waals surface area (Å²) in [4.78, 5) is 8.67. The second-order valence-corrected chi connectivity index (χ2v) is 6.32. The quantitative estimate of drug-likeness (QED) is 0.753. The van der Waals surface area contributed by atoms with Crippen LogP contribution in [0.15, 0.2) is 6.07 Å². The molecule has 0 aliphatic rings. The summed E-state index contributed by atoms with van der Waals surface area (Å²) in [5, 5.41) is 12.7. The fourth-order valence-corrected chi connectivity index (χ4v) is 1.95. The van der Waals surface area contributed by atoms with Crippen LogP contribution in [0.5, 0.6) is 0 Å². The second-order valence-electron chi connectivity index (χ2n) is 5.93. The van der Waals surface area contributed by atoms with E-state index >= 15 is 0 Å². The Bertz CT molecular complexity index is 408. The summed E-state index contributed by atoms with van der Waals surface area (Å²) in [7, 11) is 0. The van der Waals surface area contributed by atoms with Gasteiger partial charge in [0.25, 0.3) is 0 Å². The summed E-state index contributed by atoms with van der Waals surface area (Å²) in [6, 6.07) is 1.75. The first-order chi connectivity index (χ1) is 8.84. The topological polar surface area (TPSA) is 58.0 Å². The molecule has 0 saturated carbocycles. The molecule has 0 atom stereocenters. The van der Waals surface area contributed by atoms with Crippen molar-refractivity contribution >= 4 is 17.4 Å². The molecule has 19 heavy (non-hydrogen) atoms. The van der Waals surface area contributed by atoms with Crippen LogP contribution < -0.4 is 5.32 Å². The second kappa shape index (κ2) is 7.06. The van der Waals surface area contributed by atoms with Gasteiger partial charge in [0.1, 0.15) is 16.8 Å². The van der Waals surface area contributed by atoms with Gasteiger partial charge < -0.3 is 10.4 Å². The third-order valence-electron chi connectivity index (χ3n) is 2.99. The van der Waals surface area contributed by atoms with E-state index in [-0.39, 0.29) is 17.9 Å². The highest BCUT2D eigenvalue weighted by Gasteiger charge is 2.17. The SMILES string of the molecule is CC(C)c1nc(Cl)cc(NCC(C)(C)CCCO)n1. The van der Waals surface area contributed by atoms with Gasteiger partial charge in [0.2, 0.25) is 0 Å². The molecule has 0 bridgehead atoms. The van der Waals surface area contributed by atoms with Gasteiger partial charge in [-0.15, -0.1) is 0 Å². The number of aliphatic hydroxyl groups excluding tert-OH is 1. The molecular formula is C14H24ClN3O. The van der Waals surface area contributed by atoms with Crippen molar-refractivity contribution in [3.63, 3.8) is 0 Å². The molecule has 0 radical (unpaired) electrons. The van der Waals surface area contributed by atoms with Gasteiger partial charge in [0.15, 0.2) is 0 Å². The van der Waals surface area contributed by atoms with E-state index in [1.54, 1.807) is 6.07 Å². The highest BCUT2D eigenvalue weighted by atomic mass is 35.5. The Balaban J connectivity index is 2.67. The predicted molar refractivity (Wildman–Crippen MR) is 79.7 cm³/mol. The molecule has 0 saturated heterocycles. The van der Waals surface area contributed by atoms with Crippen LogP contribution in [0, 0.1) is 5.41 Å². The number of hydrogen-bond acceptors (Lipinski definition) is 4. The van der Waals surface area contributed by atoms with Crippen molar-refractivity contribution in [1.82, 2.24) is 9.97 Å². The minimum atomic E-state index is 0.109. The summed E-state index contributed by atoms with van der Waals surface area (Å²) in [6.07, 6.45) is 1.78. The molecule has 1 rings (SSSR count). The Labute approximate surface area is 120 Å². The Morgan fingerprint density at radius 1 is 1.37 bits per heavy atom. The van der Waals surface area contributed by atoms with Crippen molar-refractivity contribution < 1.29 is 5.11 Å². The van der Waals surface area contributed by atoms with Gasteiger partial charge in [-0.3, -0.25) is 0 Å². The van der Waals surface area contributed by atoms with Gasteiger partial charge in [0.05, 0.1) is 0 Å². The van der Waals surface area contributed by atoms with E-state index in [0.717, 1.165) is 31.0 Å². The van der Waals surface area contributed by atoms with Crippen molar-refractivity contribution in [3.8, 4) is 0 Å². The first kappa shape index (κ1) is 16.2. The van der Waals surface area contributed by atoms with Crippen molar-refractivity contribution in [2.24, 2.45) is 5.41 Å². The monoisotopic (exact) mass is 285 g/mol. The number of aliphatic hydroxyl groups is 1. The zero-order chi connectivity index (χ0) is 14.5. The molecule has 1 aromatic heterocycles. The van der Waals surface area contributed by atoms with Gasteiger partial charge in [-0.05, 0) is 18.3 Å². The highest BCUT2D eigenvalue weighted by Crippen LogP contribution is 2.23. The maximum absolute atomic E-state index is 8.89. The molecule has 2 N–H and O–H groups in total. The first-order valence-electron chi connectivity index (χ1n) is 6.73. The van der Waals surface area contributed by atoms with E-state index in [4.69, 9.17) is 16.7 Å². The minimum absolute atomic E-state index is 0.109. The summed E-state index contributed by atoms with van der Waals surface area (Å²) in [5.41, 5.74) is 0.109. The van der Waals surface area contributed by atoms with E-state index in [1.165, 1.54) is 0 Å². The zero-order valence-corrected chi connectivity index (χ0v) is 13.0. The lowest BCUT2D eigenvalue weighted by molar-refractivity contribution is 0.248.